The SMILES string of the molecule is NCc1ccc(N2CCCC2CO)c(C(F)(F)F)c1. The van der Waals surface area contributed by atoms with Gasteiger partial charge in [0.05, 0.1) is 18.2 Å². The predicted molar refractivity (Wildman–Crippen MR) is 66.8 cm³/mol. The quantitative estimate of drug-likeness (QED) is 0.887. The molecule has 0 bridgehead atoms. The molecular formula is C13H17F3N2O. The molecule has 2 rings (SSSR count). The van der Waals surface area contributed by atoms with E-state index in [-0.39, 0.29) is 24.9 Å². The molecule has 0 aromatic heterocycles. The van der Waals surface area contributed by atoms with E-state index in [0.29, 0.717) is 18.5 Å². The van der Waals surface area contributed by atoms with Crippen LogP contribution in [-0.4, -0.2) is 24.3 Å². The number of benzene rings is 1. The van der Waals surface area contributed by atoms with Crippen molar-refractivity contribution in [3.05, 3.63) is 29.3 Å². The third-order valence-corrected chi connectivity index (χ3v) is 3.50. The molecule has 1 fully saturated rings. The normalized spacial score (nSPS) is 20.1. The van der Waals surface area contributed by atoms with Crippen molar-refractivity contribution in [1.29, 1.82) is 0 Å². The number of halogens is 3. The van der Waals surface area contributed by atoms with Crippen LogP contribution in [0.2, 0.25) is 0 Å². The number of aliphatic hydroxyl groups is 1. The molecule has 1 unspecified atom stereocenters. The molecule has 1 aromatic rings. The fraction of sp³-hybridized carbons (Fsp3) is 0.538. The van der Waals surface area contributed by atoms with E-state index >= 15 is 0 Å². The fourth-order valence-electron chi connectivity index (χ4n) is 2.53. The number of aliphatic hydroxyl groups excluding tert-OH is 1. The highest BCUT2D eigenvalue weighted by Gasteiger charge is 2.37. The van der Waals surface area contributed by atoms with Gasteiger partial charge in [-0.3, -0.25) is 0 Å². The van der Waals surface area contributed by atoms with Crippen LogP contribution >= 0.6 is 0 Å². The molecule has 1 aliphatic heterocycles. The number of alkyl halides is 3. The van der Waals surface area contributed by atoms with Crippen molar-refractivity contribution in [3.63, 3.8) is 0 Å². The topological polar surface area (TPSA) is 49.5 Å². The minimum Gasteiger partial charge on any atom is -0.394 e. The van der Waals surface area contributed by atoms with Crippen LogP contribution in [0, 0.1) is 0 Å². The number of hydrogen-bond acceptors (Lipinski definition) is 3. The Balaban J connectivity index is 2.44. The summed E-state index contributed by atoms with van der Waals surface area (Å²) in [4.78, 5) is 1.64. The van der Waals surface area contributed by atoms with Crippen LogP contribution in [0.1, 0.15) is 24.0 Å². The van der Waals surface area contributed by atoms with Gasteiger partial charge in [0.25, 0.3) is 0 Å². The summed E-state index contributed by atoms with van der Waals surface area (Å²) in [6, 6.07) is 3.93. The average molecular weight is 274 g/mol. The minimum atomic E-state index is -4.41. The van der Waals surface area contributed by atoms with Crippen LogP contribution in [0.4, 0.5) is 18.9 Å². The maximum Gasteiger partial charge on any atom is 0.418 e. The van der Waals surface area contributed by atoms with Gasteiger partial charge in [-0.05, 0) is 30.5 Å². The van der Waals surface area contributed by atoms with E-state index in [2.05, 4.69) is 0 Å². The Morgan fingerprint density at radius 1 is 1.37 bits per heavy atom. The fourth-order valence-corrected chi connectivity index (χ4v) is 2.53. The van der Waals surface area contributed by atoms with Crippen LogP contribution < -0.4 is 10.6 Å². The van der Waals surface area contributed by atoms with Crippen LogP contribution in [0.3, 0.4) is 0 Å². The molecule has 1 saturated heterocycles. The lowest BCUT2D eigenvalue weighted by molar-refractivity contribution is -0.137. The molecule has 6 heteroatoms. The van der Waals surface area contributed by atoms with E-state index in [0.717, 1.165) is 12.5 Å². The lowest BCUT2D eigenvalue weighted by Crippen LogP contribution is -2.33. The lowest BCUT2D eigenvalue weighted by Gasteiger charge is -2.28. The van der Waals surface area contributed by atoms with E-state index in [1.807, 2.05) is 0 Å². The summed E-state index contributed by atoms with van der Waals surface area (Å²) in [5.74, 6) is 0. The molecule has 3 nitrogen and oxygen atoms in total. The van der Waals surface area contributed by atoms with Gasteiger partial charge >= 0.3 is 6.18 Å². The summed E-state index contributed by atoms with van der Waals surface area (Å²) in [5.41, 5.74) is 5.32. The number of nitrogens with two attached hydrogens (primary N) is 1. The Kier molecular flexibility index (Phi) is 4.01. The Labute approximate surface area is 109 Å². The highest BCUT2D eigenvalue weighted by Crippen LogP contribution is 2.39. The first-order valence-electron chi connectivity index (χ1n) is 6.25. The van der Waals surface area contributed by atoms with E-state index in [9.17, 15) is 18.3 Å². The van der Waals surface area contributed by atoms with Crippen molar-refractivity contribution >= 4 is 5.69 Å². The Bertz CT molecular complexity index is 448. The molecule has 0 amide bonds. The molecule has 106 valence electrons. The molecule has 1 heterocycles. The minimum absolute atomic E-state index is 0.0762. The second kappa shape index (κ2) is 5.38. The summed E-state index contributed by atoms with van der Waals surface area (Å²) < 4.78 is 39.4. The van der Waals surface area contributed by atoms with Gasteiger partial charge in [0.2, 0.25) is 0 Å². The third-order valence-electron chi connectivity index (χ3n) is 3.50. The van der Waals surface area contributed by atoms with Gasteiger partial charge in [0, 0.05) is 18.8 Å². The largest absolute Gasteiger partial charge is 0.418 e. The van der Waals surface area contributed by atoms with Gasteiger partial charge in [-0.2, -0.15) is 13.2 Å². The molecule has 0 radical (unpaired) electrons. The molecular weight excluding hydrogens is 257 g/mol. The zero-order valence-electron chi connectivity index (χ0n) is 10.5. The number of anilines is 1. The van der Waals surface area contributed by atoms with Crippen molar-refractivity contribution in [2.75, 3.05) is 18.1 Å². The van der Waals surface area contributed by atoms with Gasteiger partial charge < -0.3 is 15.7 Å². The first kappa shape index (κ1) is 14.1. The van der Waals surface area contributed by atoms with Crippen molar-refractivity contribution in [1.82, 2.24) is 0 Å². The molecule has 0 spiro atoms. The molecule has 0 saturated carbocycles. The van der Waals surface area contributed by atoms with E-state index in [1.54, 1.807) is 11.0 Å². The monoisotopic (exact) mass is 274 g/mol. The van der Waals surface area contributed by atoms with E-state index < -0.39 is 11.7 Å². The van der Waals surface area contributed by atoms with E-state index in [1.165, 1.54) is 6.07 Å². The van der Waals surface area contributed by atoms with Crippen molar-refractivity contribution in [3.8, 4) is 0 Å². The highest BCUT2D eigenvalue weighted by molar-refractivity contribution is 5.58. The van der Waals surface area contributed by atoms with Gasteiger partial charge in [-0.25, -0.2) is 0 Å². The first-order valence-corrected chi connectivity index (χ1v) is 6.25. The van der Waals surface area contributed by atoms with Gasteiger partial charge in [-0.15, -0.1) is 0 Å². The second-order valence-corrected chi connectivity index (χ2v) is 4.73. The van der Waals surface area contributed by atoms with Gasteiger partial charge in [0.1, 0.15) is 0 Å². The summed E-state index contributed by atoms with van der Waals surface area (Å²) in [5, 5.41) is 9.25. The third kappa shape index (κ3) is 2.84. The Morgan fingerprint density at radius 2 is 2.11 bits per heavy atom. The number of hydrogen-bond donors (Lipinski definition) is 2. The highest BCUT2D eigenvalue weighted by atomic mass is 19.4. The van der Waals surface area contributed by atoms with Crippen LogP contribution in [0.15, 0.2) is 18.2 Å². The Hall–Kier alpha value is -1.27. The summed E-state index contributed by atoms with van der Waals surface area (Å²) in [7, 11) is 0. The first-order chi connectivity index (χ1) is 8.97. The maximum atomic E-state index is 13.1. The zero-order chi connectivity index (χ0) is 14.0. The molecule has 1 atom stereocenters. The lowest BCUT2D eigenvalue weighted by atomic mass is 10.1. The van der Waals surface area contributed by atoms with Crippen molar-refractivity contribution in [2.45, 2.75) is 31.6 Å². The van der Waals surface area contributed by atoms with Crippen LogP contribution in [0.5, 0.6) is 0 Å². The summed E-state index contributed by atoms with van der Waals surface area (Å²) in [6.07, 6.45) is -2.91. The molecule has 3 N–H and O–H groups in total. The second-order valence-electron chi connectivity index (χ2n) is 4.73. The molecule has 1 aliphatic rings. The smallest absolute Gasteiger partial charge is 0.394 e. The van der Waals surface area contributed by atoms with Crippen molar-refractivity contribution in [2.24, 2.45) is 5.73 Å². The van der Waals surface area contributed by atoms with Crippen LogP contribution in [-0.2, 0) is 12.7 Å². The predicted octanol–water partition coefficient (Wildman–Crippen LogP) is 2.13. The summed E-state index contributed by atoms with van der Waals surface area (Å²) in [6.45, 7) is 0.485. The number of rotatable bonds is 3. The average Bonchev–Trinajstić information content (AvgIpc) is 2.85. The van der Waals surface area contributed by atoms with Gasteiger partial charge in [-0.1, -0.05) is 6.07 Å². The maximum absolute atomic E-state index is 13.1. The molecule has 1 aromatic carbocycles. The van der Waals surface area contributed by atoms with Gasteiger partial charge in [0.15, 0.2) is 0 Å². The zero-order valence-corrected chi connectivity index (χ0v) is 10.5. The standard InChI is InChI=1S/C13H17F3N2O/c14-13(15,16)11-6-9(7-17)3-4-12(11)18-5-1-2-10(18)8-19/h3-4,6,10,19H,1-2,5,7-8,17H2. The van der Waals surface area contributed by atoms with Crippen molar-refractivity contribution < 1.29 is 18.3 Å². The number of nitrogens with zero attached hydrogens (tertiary/aromatic N) is 1. The summed E-state index contributed by atoms with van der Waals surface area (Å²) >= 11 is 0. The molecule has 19 heavy (non-hydrogen) atoms. The van der Waals surface area contributed by atoms with Crippen LogP contribution in [0.25, 0.3) is 0 Å². The Morgan fingerprint density at radius 3 is 2.68 bits per heavy atom. The van der Waals surface area contributed by atoms with E-state index in [4.69, 9.17) is 5.73 Å². The molecule has 0 aliphatic carbocycles.